The van der Waals surface area contributed by atoms with Gasteiger partial charge in [-0.3, -0.25) is 4.79 Å². The van der Waals surface area contributed by atoms with Gasteiger partial charge in [-0.15, -0.1) is 5.10 Å². The molecule has 1 aliphatic rings. The van der Waals surface area contributed by atoms with Crippen LogP contribution in [-0.2, 0) is 24.1 Å². The molecule has 0 aliphatic heterocycles. The van der Waals surface area contributed by atoms with Crippen LogP contribution in [0.25, 0.3) is 5.69 Å². The largest absolute Gasteiger partial charge is 0.480 e. The van der Waals surface area contributed by atoms with Crippen LogP contribution in [0.1, 0.15) is 29.7 Å². The van der Waals surface area contributed by atoms with Crippen molar-refractivity contribution in [1.82, 2.24) is 15.0 Å². The minimum absolute atomic E-state index is 0.185. The number of fused-ring (bicyclic) bond motifs is 1. The maximum Gasteiger partial charge on any atom is 0.320 e. The van der Waals surface area contributed by atoms with Gasteiger partial charge in [0.2, 0.25) is 0 Å². The number of rotatable bonds is 4. The number of carbonyl (C=O) groups is 1. The summed E-state index contributed by atoms with van der Waals surface area (Å²) in [5.41, 5.74) is 9.86. The van der Waals surface area contributed by atoms with E-state index in [-0.39, 0.29) is 6.42 Å². The van der Waals surface area contributed by atoms with E-state index in [1.807, 2.05) is 12.1 Å². The highest BCUT2D eigenvalue weighted by molar-refractivity contribution is 5.73. The van der Waals surface area contributed by atoms with E-state index in [1.54, 1.807) is 10.9 Å². The van der Waals surface area contributed by atoms with E-state index in [4.69, 9.17) is 10.8 Å². The van der Waals surface area contributed by atoms with Crippen molar-refractivity contribution in [3.05, 3.63) is 41.2 Å². The molecule has 0 saturated carbocycles. The highest BCUT2D eigenvalue weighted by atomic mass is 16.4. The quantitative estimate of drug-likeness (QED) is 0.877. The summed E-state index contributed by atoms with van der Waals surface area (Å²) in [5.74, 6) is -1.03. The van der Waals surface area contributed by atoms with E-state index < -0.39 is 12.0 Å². The fourth-order valence-corrected chi connectivity index (χ4v) is 2.80. The monoisotopic (exact) mass is 286 g/mol. The summed E-state index contributed by atoms with van der Waals surface area (Å²) < 4.78 is 1.73. The van der Waals surface area contributed by atoms with Crippen LogP contribution in [0.4, 0.5) is 0 Å². The molecule has 1 heterocycles. The molecule has 0 radical (unpaired) electrons. The molecule has 0 bridgehead atoms. The third-order valence-electron chi connectivity index (χ3n) is 3.91. The number of nitrogens with zero attached hydrogens (tertiary/aromatic N) is 3. The molecule has 1 unspecified atom stereocenters. The van der Waals surface area contributed by atoms with Gasteiger partial charge < -0.3 is 10.8 Å². The maximum atomic E-state index is 10.8. The van der Waals surface area contributed by atoms with Gasteiger partial charge in [0.1, 0.15) is 6.04 Å². The fraction of sp³-hybridized carbons (Fsp3) is 0.400. The van der Waals surface area contributed by atoms with E-state index in [2.05, 4.69) is 16.4 Å². The predicted octanol–water partition coefficient (Wildman–Crippen LogP) is 1.10. The molecule has 110 valence electrons. The summed E-state index contributed by atoms with van der Waals surface area (Å²) in [5, 5.41) is 17.0. The SMILES string of the molecule is NC(Cc1cn(-c2cccc3c2CCCC3)nn1)C(=O)O. The van der Waals surface area contributed by atoms with Gasteiger partial charge in [0.05, 0.1) is 17.6 Å². The van der Waals surface area contributed by atoms with E-state index in [0.29, 0.717) is 5.69 Å². The number of aryl methyl sites for hydroxylation is 1. The van der Waals surface area contributed by atoms with Crippen LogP contribution in [0.2, 0.25) is 0 Å². The van der Waals surface area contributed by atoms with Crippen molar-refractivity contribution >= 4 is 5.97 Å². The maximum absolute atomic E-state index is 10.8. The molecule has 3 N–H and O–H groups in total. The van der Waals surface area contributed by atoms with Gasteiger partial charge in [0.25, 0.3) is 0 Å². The minimum Gasteiger partial charge on any atom is -0.480 e. The Morgan fingerprint density at radius 1 is 1.38 bits per heavy atom. The van der Waals surface area contributed by atoms with Crippen molar-refractivity contribution in [2.24, 2.45) is 5.73 Å². The second kappa shape index (κ2) is 5.65. The third-order valence-corrected chi connectivity index (χ3v) is 3.91. The molecule has 2 aromatic rings. The number of hydrogen-bond donors (Lipinski definition) is 2. The normalized spacial score (nSPS) is 15.5. The van der Waals surface area contributed by atoms with Gasteiger partial charge in [-0.1, -0.05) is 17.3 Å². The van der Waals surface area contributed by atoms with E-state index in [1.165, 1.54) is 24.0 Å². The molecule has 3 rings (SSSR count). The predicted molar refractivity (Wildman–Crippen MR) is 77.3 cm³/mol. The van der Waals surface area contributed by atoms with Gasteiger partial charge in [-0.2, -0.15) is 0 Å². The summed E-state index contributed by atoms with van der Waals surface area (Å²) >= 11 is 0. The third kappa shape index (κ3) is 2.80. The van der Waals surface area contributed by atoms with E-state index in [9.17, 15) is 4.79 Å². The van der Waals surface area contributed by atoms with Crippen molar-refractivity contribution in [2.45, 2.75) is 38.1 Å². The summed E-state index contributed by atoms with van der Waals surface area (Å²) in [6.07, 6.45) is 6.53. The first-order valence-corrected chi connectivity index (χ1v) is 7.16. The van der Waals surface area contributed by atoms with Crippen LogP contribution in [0, 0.1) is 0 Å². The van der Waals surface area contributed by atoms with Gasteiger partial charge >= 0.3 is 5.97 Å². The molecule has 6 nitrogen and oxygen atoms in total. The van der Waals surface area contributed by atoms with Crippen LogP contribution < -0.4 is 5.73 Å². The fourth-order valence-electron chi connectivity index (χ4n) is 2.80. The van der Waals surface area contributed by atoms with Crippen LogP contribution >= 0.6 is 0 Å². The lowest BCUT2D eigenvalue weighted by atomic mass is 9.90. The zero-order valence-corrected chi connectivity index (χ0v) is 11.7. The lowest BCUT2D eigenvalue weighted by Crippen LogP contribution is -2.32. The van der Waals surface area contributed by atoms with E-state index >= 15 is 0 Å². The summed E-state index contributed by atoms with van der Waals surface area (Å²) in [6, 6.07) is 5.28. The first-order valence-electron chi connectivity index (χ1n) is 7.16. The second-order valence-corrected chi connectivity index (χ2v) is 5.43. The lowest BCUT2D eigenvalue weighted by molar-refractivity contribution is -0.138. The zero-order chi connectivity index (χ0) is 14.8. The van der Waals surface area contributed by atoms with Crippen molar-refractivity contribution < 1.29 is 9.90 Å². The Hall–Kier alpha value is -2.21. The highest BCUT2D eigenvalue weighted by Gasteiger charge is 2.17. The summed E-state index contributed by atoms with van der Waals surface area (Å²) in [7, 11) is 0. The number of carboxylic acid groups (broad SMARTS) is 1. The van der Waals surface area contributed by atoms with Crippen molar-refractivity contribution in [3.63, 3.8) is 0 Å². The number of aliphatic carboxylic acids is 1. The van der Waals surface area contributed by atoms with Crippen LogP contribution in [-0.4, -0.2) is 32.1 Å². The van der Waals surface area contributed by atoms with Crippen LogP contribution in [0.3, 0.4) is 0 Å². The highest BCUT2D eigenvalue weighted by Crippen LogP contribution is 2.26. The second-order valence-electron chi connectivity index (χ2n) is 5.43. The molecule has 0 amide bonds. The molecule has 1 atom stereocenters. The average molecular weight is 286 g/mol. The summed E-state index contributed by atoms with van der Waals surface area (Å²) in [6.45, 7) is 0. The number of aromatic nitrogens is 3. The molecule has 1 aromatic heterocycles. The number of nitrogens with two attached hydrogens (primary N) is 1. The first kappa shape index (κ1) is 13.8. The Labute approximate surface area is 122 Å². The lowest BCUT2D eigenvalue weighted by Gasteiger charge is -2.18. The van der Waals surface area contributed by atoms with Gasteiger partial charge in [0.15, 0.2) is 0 Å². The van der Waals surface area contributed by atoms with Gasteiger partial charge in [0, 0.05) is 6.42 Å². The van der Waals surface area contributed by atoms with Crippen molar-refractivity contribution in [2.75, 3.05) is 0 Å². The smallest absolute Gasteiger partial charge is 0.320 e. The number of hydrogen-bond acceptors (Lipinski definition) is 4. The average Bonchev–Trinajstić information content (AvgIpc) is 2.95. The molecule has 0 fully saturated rings. The molecular formula is C15H18N4O2. The molecule has 21 heavy (non-hydrogen) atoms. The Balaban J connectivity index is 1.88. The molecular weight excluding hydrogens is 268 g/mol. The van der Waals surface area contributed by atoms with E-state index in [0.717, 1.165) is 18.5 Å². The number of carboxylic acids is 1. The van der Waals surface area contributed by atoms with Crippen LogP contribution in [0.15, 0.2) is 24.4 Å². The Kier molecular flexibility index (Phi) is 3.70. The summed E-state index contributed by atoms with van der Waals surface area (Å²) in [4.78, 5) is 10.8. The molecule has 0 saturated heterocycles. The molecule has 1 aromatic carbocycles. The zero-order valence-electron chi connectivity index (χ0n) is 11.7. The topological polar surface area (TPSA) is 94.0 Å². The molecule has 1 aliphatic carbocycles. The molecule has 6 heteroatoms. The Bertz CT molecular complexity index is 665. The first-order chi connectivity index (χ1) is 10.1. The Morgan fingerprint density at radius 2 is 2.19 bits per heavy atom. The van der Waals surface area contributed by atoms with Gasteiger partial charge in [-0.05, 0) is 42.9 Å². The van der Waals surface area contributed by atoms with Crippen molar-refractivity contribution in [3.8, 4) is 5.69 Å². The van der Waals surface area contributed by atoms with Crippen molar-refractivity contribution in [1.29, 1.82) is 0 Å². The standard InChI is InChI=1S/C15H18N4O2/c16-13(15(20)21)8-11-9-19(18-17-11)14-7-3-5-10-4-1-2-6-12(10)14/h3,5,7,9,13H,1-2,4,6,8,16H2,(H,20,21). The number of benzene rings is 1. The van der Waals surface area contributed by atoms with Gasteiger partial charge in [-0.25, -0.2) is 4.68 Å². The minimum atomic E-state index is -1.03. The Morgan fingerprint density at radius 3 is 3.00 bits per heavy atom. The molecule has 0 spiro atoms. The van der Waals surface area contributed by atoms with Crippen LogP contribution in [0.5, 0.6) is 0 Å².